The number of pyridine rings is 1. The SMILES string of the molecule is COc1ncc(F)cc1[C@H]1CCCN1c1ccn2ncc(OC(=O)NOCCOC(C)(C)C)c2n1. The van der Waals surface area contributed by atoms with Gasteiger partial charge in [-0.3, -0.25) is 4.84 Å². The van der Waals surface area contributed by atoms with Crippen LogP contribution in [0.5, 0.6) is 11.6 Å². The third-order valence-corrected chi connectivity index (χ3v) is 5.35. The average molecular weight is 489 g/mol. The number of amides is 1. The minimum absolute atomic E-state index is 0.164. The standard InChI is InChI=1S/C23H29FN6O5/c1-23(2,3)33-10-11-34-28-22(31)35-18-14-26-30-9-7-19(27-20(18)30)29-8-5-6-17(29)16-12-15(24)13-25-21(16)32-4/h7,9,12-14,17H,5-6,8,10-11H2,1-4H3,(H,28,31)/t17-/m1/s1. The zero-order valence-electron chi connectivity index (χ0n) is 20.2. The van der Waals surface area contributed by atoms with Crippen molar-refractivity contribution in [3.05, 3.63) is 42.1 Å². The summed E-state index contributed by atoms with van der Waals surface area (Å²) >= 11 is 0. The number of nitrogens with one attached hydrogen (secondary N) is 1. The van der Waals surface area contributed by atoms with Crippen molar-refractivity contribution in [1.29, 1.82) is 0 Å². The zero-order chi connectivity index (χ0) is 25.0. The van der Waals surface area contributed by atoms with Gasteiger partial charge in [-0.25, -0.2) is 23.7 Å². The van der Waals surface area contributed by atoms with Crippen LogP contribution in [0.3, 0.4) is 0 Å². The molecule has 188 valence electrons. The number of rotatable bonds is 8. The number of nitrogens with zero attached hydrogens (tertiary/aromatic N) is 5. The van der Waals surface area contributed by atoms with E-state index in [2.05, 4.69) is 20.5 Å². The van der Waals surface area contributed by atoms with Crippen molar-refractivity contribution < 1.29 is 28.2 Å². The molecule has 1 aliphatic heterocycles. The quantitative estimate of drug-likeness (QED) is 0.376. The van der Waals surface area contributed by atoms with Crippen LogP contribution in [0.4, 0.5) is 15.0 Å². The molecule has 3 aromatic rings. The molecule has 0 bridgehead atoms. The first-order valence-electron chi connectivity index (χ1n) is 11.3. The first-order valence-corrected chi connectivity index (χ1v) is 11.3. The summed E-state index contributed by atoms with van der Waals surface area (Å²) in [6, 6.07) is 3.08. The topological polar surface area (TPSA) is 112 Å². The van der Waals surface area contributed by atoms with Gasteiger partial charge in [0.05, 0.1) is 44.4 Å². The smallest absolute Gasteiger partial charge is 0.436 e. The van der Waals surface area contributed by atoms with E-state index in [-0.39, 0.29) is 24.0 Å². The molecule has 1 fully saturated rings. The van der Waals surface area contributed by atoms with Crippen LogP contribution in [0.2, 0.25) is 0 Å². The largest absolute Gasteiger partial charge is 0.481 e. The number of aromatic nitrogens is 4. The summed E-state index contributed by atoms with van der Waals surface area (Å²) < 4.78 is 31.7. The molecule has 0 unspecified atom stereocenters. The lowest BCUT2D eigenvalue weighted by atomic mass is 10.1. The molecule has 0 aromatic carbocycles. The molecule has 1 aliphatic rings. The molecule has 0 aliphatic carbocycles. The van der Waals surface area contributed by atoms with E-state index in [0.717, 1.165) is 19.0 Å². The van der Waals surface area contributed by atoms with E-state index in [1.54, 1.807) is 12.3 Å². The van der Waals surface area contributed by atoms with Crippen molar-refractivity contribution in [1.82, 2.24) is 25.1 Å². The Bertz CT molecular complexity index is 1180. The maximum atomic E-state index is 14.0. The Morgan fingerprint density at radius 1 is 1.29 bits per heavy atom. The maximum absolute atomic E-state index is 14.0. The van der Waals surface area contributed by atoms with Gasteiger partial charge >= 0.3 is 6.09 Å². The van der Waals surface area contributed by atoms with Gasteiger partial charge in [-0.05, 0) is 45.7 Å². The Kier molecular flexibility index (Phi) is 7.31. The third kappa shape index (κ3) is 5.95. The van der Waals surface area contributed by atoms with Crippen molar-refractivity contribution in [2.24, 2.45) is 0 Å². The fraction of sp³-hybridized carbons (Fsp3) is 0.478. The van der Waals surface area contributed by atoms with Gasteiger partial charge in [0.1, 0.15) is 11.6 Å². The Labute approximate surface area is 202 Å². The van der Waals surface area contributed by atoms with Crippen LogP contribution in [0, 0.1) is 5.82 Å². The predicted molar refractivity (Wildman–Crippen MR) is 124 cm³/mol. The summed E-state index contributed by atoms with van der Waals surface area (Å²) in [6.07, 6.45) is 5.12. The fourth-order valence-electron chi connectivity index (χ4n) is 3.91. The van der Waals surface area contributed by atoms with E-state index in [0.29, 0.717) is 36.1 Å². The Morgan fingerprint density at radius 3 is 2.89 bits per heavy atom. The summed E-state index contributed by atoms with van der Waals surface area (Å²) in [5.41, 5.74) is 2.93. The summed E-state index contributed by atoms with van der Waals surface area (Å²) in [7, 11) is 1.51. The number of ether oxygens (including phenoxy) is 3. The number of halogens is 1. The number of fused-ring (bicyclic) bond motifs is 1. The molecule has 0 radical (unpaired) electrons. The number of anilines is 1. The second kappa shape index (κ2) is 10.4. The van der Waals surface area contributed by atoms with Crippen LogP contribution in [0.15, 0.2) is 30.7 Å². The van der Waals surface area contributed by atoms with Crippen LogP contribution in [-0.2, 0) is 9.57 Å². The monoisotopic (exact) mass is 488 g/mol. The number of hydrogen-bond acceptors (Lipinski definition) is 9. The average Bonchev–Trinajstić information content (AvgIpc) is 3.45. The number of carbonyl (C=O) groups excluding carboxylic acids is 1. The predicted octanol–water partition coefficient (Wildman–Crippen LogP) is 3.45. The molecule has 12 heteroatoms. The molecule has 0 spiro atoms. The van der Waals surface area contributed by atoms with Gasteiger partial charge in [-0.15, -0.1) is 0 Å². The summed E-state index contributed by atoms with van der Waals surface area (Å²) in [5, 5.41) is 4.18. The van der Waals surface area contributed by atoms with Gasteiger partial charge in [-0.1, -0.05) is 0 Å². The third-order valence-electron chi connectivity index (χ3n) is 5.35. The lowest BCUT2D eigenvalue weighted by Crippen LogP contribution is -2.30. The molecule has 35 heavy (non-hydrogen) atoms. The minimum Gasteiger partial charge on any atom is -0.481 e. The fourth-order valence-corrected chi connectivity index (χ4v) is 3.91. The number of hydrogen-bond donors (Lipinski definition) is 1. The molecule has 1 atom stereocenters. The van der Waals surface area contributed by atoms with Gasteiger partial charge in [0.15, 0.2) is 5.75 Å². The van der Waals surface area contributed by atoms with Crippen molar-refractivity contribution in [3.8, 4) is 11.6 Å². The Hall–Kier alpha value is -3.51. The highest BCUT2D eigenvalue weighted by atomic mass is 19.1. The highest BCUT2D eigenvalue weighted by Gasteiger charge is 2.31. The zero-order valence-corrected chi connectivity index (χ0v) is 20.2. The van der Waals surface area contributed by atoms with Gasteiger partial charge < -0.3 is 19.1 Å². The molecular formula is C23H29FN6O5. The highest BCUT2D eigenvalue weighted by molar-refractivity contribution is 5.72. The minimum atomic E-state index is -0.808. The van der Waals surface area contributed by atoms with Gasteiger partial charge in [0, 0.05) is 18.3 Å². The van der Waals surface area contributed by atoms with E-state index >= 15 is 0 Å². The summed E-state index contributed by atoms with van der Waals surface area (Å²) in [4.78, 5) is 28.0. The number of carbonyl (C=O) groups is 1. The van der Waals surface area contributed by atoms with E-state index in [1.165, 1.54) is 23.9 Å². The van der Waals surface area contributed by atoms with E-state index in [9.17, 15) is 9.18 Å². The molecule has 1 N–H and O–H groups in total. The van der Waals surface area contributed by atoms with Gasteiger partial charge in [0.2, 0.25) is 11.5 Å². The molecule has 3 aromatic heterocycles. The molecule has 4 rings (SSSR count). The van der Waals surface area contributed by atoms with Crippen molar-refractivity contribution in [2.75, 3.05) is 31.8 Å². The molecule has 0 saturated carbocycles. The summed E-state index contributed by atoms with van der Waals surface area (Å²) in [6.45, 7) is 6.97. The van der Waals surface area contributed by atoms with Crippen LogP contribution < -0.4 is 19.9 Å². The molecular weight excluding hydrogens is 459 g/mol. The van der Waals surface area contributed by atoms with Crippen molar-refractivity contribution in [2.45, 2.75) is 45.3 Å². The van der Waals surface area contributed by atoms with Crippen LogP contribution in [0.1, 0.15) is 45.2 Å². The first-order chi connectivity index (χ1) is 16.7. The lowest BCUT2D eigenvalue weighted by molar-refractivity contribution is -0.0514. The normalized spacial score (nSPS) is 16.0. The van der Waals surface area contributed by atoms with E-state index < -0.39 is 11.9 Å². The highest BCUT2D eigenvalue weighted by Crippen LogP contribution is 2.39. The Balaban J connectivity index is 1.46. The molecule has 4 heterocycles. The van der Waals surface area contributed by atoms with E-state index in [4.69, 9.17) is 19.0 Å². The van der Waals surface area contributed by atoms with Crippen LogP contribution in [0.25, 0.3) is 5.65 Å². The second-order valence-electron chi connectivity index (χ2n) is 8.97. The van der Waals surface area contributed by atoms with Crippen LogP contribution in [-0.4, -0.2) is 58.1 Å². The van der Waals surface area contributed by atoms with Crippen LogP contribution >= 0.6 is 0 Å². The first kappa shape index (κ1) is 24.6. The Morgan fingerprint density at radius 2 is 2.11 bits per heavy atom. The summed E-state index contributed by atoms with van der Waals surface area (Å²) in [5.74, 6) is 0.746. The molecule has 1 amide bonds. The molecule has 1 saturated heterocycles. The van der Waals surface area contributed by atoms with Crippen molar-refractivity contribution in [3.63, 3.8) is 0 Å². The lowest BCUT2D eigenvalue weighted by Gasteiger charge is -2.26. The molecule has 11 nitrogen and oxygen atoms in total. The maximum Gasteiger partial charge on any atom is 0.436 e. The number of methoxy groups -OCH3 is 1. The van der Waals surface area contributed by atoms with Gasteiger partial charge in [-0.2, -0.15) is 10.6 Å². The number of hydroxylamine groups is 1. The second-order valence-corrected chi connectivity index (χ2v) is 8.97. The van der Waals surface area contributed by atoms with E-state index in [1.807, 2.05) is 25.7 Å². The van der Waals surface area contributed by atoms with Crippen molar-refractivity contribution >= 4 is 17.6 Å². The van der Waals surface area contributed by atoms with Gasteiger partial charge in [0.25, 0.3) is 0 Å².